The molecule has 1 aliphatic heterocycles. The largest absolute Gasteiger partial charge is 0.386 e. The van der Waals surface area contributed by atoms with Gasteiger partial charge in [-0.1, -0.05) is 24.3 Å². The summed E-state index contributed by atoms with van der Waals surface area (Å²) in [5.41, 5.74) is 1.24. The summed E-state index contributed by atoms with van der Waals surface area (Å²) in [6, 6.07) is 7.81. The molecule has 2 N–H and O–H groups in total. The molecule has 1 amide bonds. The van der Waals surface area contributed by atoms with Crippen molar-refractivity contribution in [1.29, 1.82) is 0 Å². The lowest BCUT2D eigenvalue weighted by Gasteiger charge is -2.20. The molecular formula is C14H19NO3. The Hall–Kier alpha value is -1.39. The van der Waals surface area contributed by atoms with E-state index in [0.717, 1.165) is 11.1 Å². The molecule has 0 bridgehead atoms. The van der Waals surface area contributed by atoms with Gasteiger partial charge in [0, 0.05) is 19.6 Å². The number of benzene rings is 1. The van der Waals surface area contributed by atoms with Crippen molar-refractivity contribution >= 4 is 5.91 Å². The van der Waals surface area contributed by atoms with E-state index in [1.54, 1.807) is 0 Å². The molecule has 0 saturated carbocycles. The third kappa shape index (κ3) is 3.31. The first-order chi connectivity index (χ1) is 8.59. The van der Waals surface area contributed by atoms with Gasteiger partial charge < -0.3 is 15.2 Å². The molecule has 4 nitrogen and oxygen atoms in total. The van der Waals surface area contributed by atoms with Crippen molar-refractivity contribution in [2.75, 3.05) is 19.8 Å². The van der Waals surface area contributed by atoms with Crippen molar-refractivity contribution in [3.63, 3.8) is 0 Å². The van der Waals surface area contributed by atoms with Gasteiger partial charge in [-0.05, 0) is 18.1 Å². The maximum atomic E-state index is 11.8. The zero-order valence-electron chi connectivity index (χ0n) is 10.6. The SMILES string of the molecule is Cc1ccccc1CC(=O)NCC1(O)CCOC1. The number of ether oxygens (including phenoxy) is 1. The summed E-state index contributed by atoms with van der Waals surface area (Å²) in [7, 11) is 0. The van der Waals surface area contributed by atoms with Gasteiger partial charge in [-0.25, -0.2) is 0 Å². The number of rotatable bonds is 4. The lowest BCUT2D eigenvalue weighted by molar-refractivity contribution is -0.121. The minimum atomic E-state index is -0.888. The Morgan fingerprint density at radius 3 is 2.94 bits per heavy atom. The first-order valence-corrected chi connectivity index (χ1v) is 6.20. The maximum absolute atomic E-state index is 11.8. The molecule has 1 saturated heterocycles. The lowest BCUT2D eigenvalue weighted by atomic mass is 10.0. The van der Waals surface area contributed by atoms with Crippen LogP contribution in [0.15, 0.2) is 24.3 Å². The average Bonchev–Trinajstić information content (AvgIpc) is 2.77. The summed E-state index contributed by atoms with van der Waals surface area (Å²) in [6.45, 7) is 3.11. The van der Waals surface area contributed by atoms with Gasteiger partial charge in [0.1, 0.15) is 5.60 Å². The number of carbonyl (C=O) groups excluding carboxylic acids is 1. The lowest BCUT2D eigenvalue weighted by Crippen LogP contribution is -2.43. The minimum absolute atomic E-state index is 0.0652. The minimum Gasteiger partial charge on any atom is -0.386 e. The zero-order chi connectivity index (χ0) is 13.0. The number of carbonyl (C=O) groups is 1. The zero-order valence-corrected chi connectivity index (χ0v) is 10.6. The molecule has 0 aliphatic carbocycles. The molecule has 0 spiro atoms. The van der Waals surface area contributed by atoms with Crippen molar-refractivity contribution in [3.05, 3.63) is 35.4 Å². The molecular weight excluding hydrogens is 230 g/mol. The van der Waals surface area contributed by atoms with E-state index in [4.69, 9.17) is 4.74 Å². The van der Waals surface area contributed by atoms with Crippen molar-refractivity contribution in [2.24, 2.45) is 0 Å². The molecule has 2 rings (SSSR count). The van der Waals surface area contributed by atoms with Gasteiger partial charge in [0.25, 0.3) is 0 Å². The molecule has 1 heterocycles. The molecule has 4 heteroatoms. The van der Waals surface area contributed by atoms with Crippen molar-refractivity contribution < 1.29 is 14.6 Å². The molecule has 0 aromatic heterocycles. The van der Waals surface area contributed by atoms with Gasteiger partial charge in [0.05, 0.1) is 13.0 Å². The van der Waals surface area contributed by atoms with Gasteiger partial charge in [-0.3, -0.25) is 4.79 Å². The molecule has 1 aromatic rings. The highest BCUT2D eigenvalue weighted by atomic mass is 16.5. The molecule has 0 radical (unpaired) electrons. The van der Waals surface area contributed by atoms with Crippen molar-refractivity contribution in [2.45, 2.75) is 25.4 Å². The Kier molecular flexibility index (Phi) is 3.99. The average molecular weight is 249 g/mol. The molecule has 1 atom stereocenters. The molecule has 18 heavy (non-hydrogen) atoms. The summed E-state index contributed by atoms with van der Waals surface area (Å²) in [6.07, 6.45) is 0.932. The molecule has 1 aliphatic rings. The summed E-state index contributed by atoms with van der Waals surface area (Å²) in [5.74, 6) is -0.0652. The van der Waals surface area contributed by atoms with Crippen LogP contribution in [0.5, 0.6) is 0 Å². The Balaban J connectivity index is 1.84. The van der Waals surface area contributed by atoms with Gasteiger partial charge in [-0.15, -0.1) is 0 Å². The highest BCUT2D eigenvalue weighted by molar-refractivity contribution is 5.79. The maximum Gasteiger partial charge on any atom is 0.224 e. The summed E-state index contributed by atoms with van der Waals surface area (Å²) in [4.78, 5) is 11.8. The van der Waals surface area contributed by atoms with E-state index in [2.05, 4.69) is 5.32 Å². The van der Waals surface area contributed by atoms with E-state index < -0.39 is 5.60 Å². The number of hydrogen-bond acceptors (Lipinski definition) is 3. The molecule has 1 fully saturated rings. The van der Waals surface area contributed by atoms with Gasteiger partial charge in [0.2, 0.25) is 5.91 Å². The molecule has 1 aromatic carbocycles. The van der Waals surface area contributed by atoms with E-state index in [1.165, 1.54) is 0 Å². The number of aliphatic hydroxyl groups is 1. The van der Waals surface area contributed by atoms with Crippen LogP contribution in [0.3, 0.4) is 0 Å². The fourth-order valence-electron chi connectivity index (χ4n) is 2.04. The second-order valence-corrected chi connectivity index (χ2v) is 4.91. The van der Waals surface area contributed by atoms with Gasteiger partial charge in [0.15, 0.2) is 0 Å². The third-order valence-corrected chi connectivity index (χ3v) is 3.31. The van der Waals surface area contributed by atoms with Crippen LogP contribution in [0.2, 0.25) is 0 Å². The van der Waals surface area contributed by atoms with Crippen molar-refractivity contribution in [3.8, 4) is 0 Å². The smallest absolute Gasteiger partial charge is 0.224 e. The van der Waals surface area contributed by atoms with Crippen LogP contribution >= 0.6 is 0 Å². The summed E-state index contributed by atoms with van der Waals surface area (Å²) < 4.78 is 5.13. The van der Waals surface area contributed by atoms with Crippen LogP contribution < -0.4 is 5.32 Å². The predicted octanol–water partition coefficient (Wildman–Crippen LogP) is 0.805. The standard InChI is InChI=1S/C14H19NO3/c1-11-4-2-3-5-12(11)8-13(16)15-9-14(17)6-7-18-10-14/h2-5,17H,6-10H2,1H3,(H,15,16). The van der Waals surface area contributed by atoms with Crippen molar-refractivity contribution in [1.82, 2.24) is 5.32 Å². The summed E-state index contributed by atoms with van der Waals surface area (Å²) >= 11 is 0. The topological polar surface area (TPSA) is 58.6 Å². The fourth-order valence-corrected chi connectivity index (χ4v) is 2.04. The van der Waals surface area contributed by atoms with E-state index >= 15 is 0 Å². The number of amides is 1. The summed E-state index contributed by atoms with van der Waals surface area (Å²) in [5, 5.41) is 12.8. The number of hydrogen-bond donors (Lipinski definition) is 2. The van der Waals surface area contributed by atoms with E-state index in [0.29, 0.717) is 26.1 Å². The third-order valence-electron chi connectivity index (χ3n) is 3.31. The molecule has 98 valence electrons. The van der Waals surface area contributed by atoms with E-state index in [9.17, 15) is 9.90 Å². The van der Waals surface area contributed by atoms with Crippen LogP contribution in [0, 0.1) is 6.92 Å². The fraction of sp³-hybridized carbons (Fsp3) is 0.500. The normalized spacial score (nSPS) is 23.0. The van der Waals surface area contributed by atoms with Crippen LogP contribution in [-0.4, -0.2) is 36.4 Å². The first kappa shape index (κ1) is 13.1. The van der Waals surface area contributed by atoms with E-state index in [1.807, 2.05) is 31.2 Å². The Morgan fingerprint density at radius 1 is 1.50 bits per heavy atom. The Morgan fingerprint density at radius 2 is 2.28 bits per heavy atom. The predicted molar refractivity (Wildman–Crippen MR) is 68.3 cm³/mol. The quantitative estimate of drug-likeness (QED) is 0.830. The second kappa shape index (κ2) is 5.50. The van der Waals surface area contributed by atoms with Crippen LogP contribution in [0.1, 0.15) is 17.5 Å². The Labute approximate surface area is 107 Å². The Bertz CT molecular complexity index is 425. The monoisotopic (exact) mass is 249 g/mol. The van der Waals surface area contributed by atoms with Crippen LogP contribution in [0.4, 0.5) is 0 Å². The first-order valence-electron chi connectivity index (χ1n) is 6.20. The highest BCUT2D eigenvalue weighted by Crippen LogP contribution is 2.17. The van der Waals surface area contributed by atoms with Crippen LogP contribution in [0.25, 0.3) is 0 Å². The van der Waals surface area contributed by atoms with E-state index in [-0.39, 0.29) is 12.5 Å². The van der Waals surface area contributed by atoms with Gasteiger partial charge in [-0.2, -0.15) is 0 Å². The van der Waals surface area contributed by atoms with Crippen LogP contribution in [-0.2, 0) is 16.0 Å². The highest BCUT2D eigenvalue weighted by Gasteiger charge is 2.32. The number of nitrogens with one attached hydrogen (secondary N) is 1. The molecule has 1 unspecified atom stereocenters. The number of aryl methyl sites for hydroxylation is 1. The second-order valence-electron chi connectivity index (χ2n) is 4.91. The van der Waals surface area contributed by atoms with Gasteiger partial charge >= 0.3 is 0 Å².